The van der Waals surface area contributed by atoms with Gasteiger partial charge in [0, 0.05) is 12.6 Å². The molecule has 0 aromatic rings. The SMILES string of the molecule is CCCCCCCCCCCCCCCCCCOC(=O)N1CCCCC1CCNCCCN(C)C. The number of piperidine rings is 1. The highest BCUT2D eigenvalue weighted by Crippen LogP contribution is 2.20. The summed E-state index contributed by atoms with van der Waals surface area (Å²) in [5, 5.41) is 3.55. The number of amides is 1. The molecule has 1 amide bonds. The normalized spacial score (nSPS) is 16.1. The van der Waals surface area contributed by atoms with Gasteiger partial charge in [-0.2, -0.15) is 0 Å². The van der Waals surface area contributed by atoms with Gasteiger partial charge in [-0.25, -0.2) is 4.79 Å². The molecule has 0 aromatic heterocycles. The number of unbranched alkanes of at least 4 members (excludes halogenated alkanes) is 15. The number of hydrogen-bond donors (Lipinski definition) is 1. The molecule has 1 heterocycles. The van der Waals surface area contributed by atoms with Gasteiger partial charge in [0.15, 0.2) is 0 Å². The molecular formula is C31H63N3O2. The maximum atomic E-state index is 12.7. The van der Waals surface area contributed by atoms with Gasteiger partial charge in [-0.05, 0) is 72.3 Å². The summed E-state index contributed by atoms with van der Waals surface area (Å²) in [7, 11) is 4.23. The van der Waals surface area contributed by atoms with E-state index in [2.05, 4.69) is 31.2 Å². The predicted molar refractivity (Wildman–Crippen MR) is 156 cm³/mol. The highest BCUT2D eigenvalue weighted by Gasteiger charge is 2.27. The molecule has 1 atom stereocenters. The van der Waals surface area contributed by atoms with Crippen LogP contribution in [0.25, 0.3) is 0 Å². The molecule has 0 bridgehead atoms. The highest BCUT2D eigenvalue weighted by atomic mass is 16.6. The fourth-order valence-corrected chi connectivity index (χ4v) is 5.35. The van der Waals surface area contributed by atoms with Crippen molar-refractivity contribution in [2.75, 3.05) is 46.9 Å². The van der Waals surface area contributed by atoms with Gasteiger partial charge in [-0.15, -0.1) is 0 Å². The van der Waals surface area contributed by atoms with Crippen molar-refractivity contribution in [1.82, 2.24) is 15.1 Å². The van der Waals surface area contributed by atoms with Crippen LogP contribution in [0.5, 0.6) is 0 Å². The monoisotopic (exact) mass is 509 g/mol. The molecular weight excluding hydrogens is 446 g/mol. The number of carbonyl (C=O) groups is 1. The largest absolute Gasteiger partial charge is 0.449 e. The molecule has 1 N–H and O–H groups in total. The van der Waals surface area contributed by atoms with Crippen LogP contribution in [0.2, 0.25) is 0 Å². The first kappa shape index (κ1) is 33.2. The Kier molecular flexibility index (Phi) is 22.6. The molecule has 1 aliphatic rings. The molecule has 5 nitrogen and oxygen atoms in total. The van der Waals surface area contributed by atoms with Crippen LogP contribution >= 0.6 is 0 Å². The first-order chi connectivity index (χ1) is 17.6. The Morgan fingerprint density at radius 2 is 1.33 bits per heavy atom. The van der Waals surface area contributed by atoms with Crippen LogP contribution in [-0.2, 0) is 4.74 Å². The third-order valence-corrected chi connectivity index (χ3v) is 7.70. The van der Waals surface area contributed by atoms with E-state index in [0.29, 0.717) is 12.6 Å². The number of rotatable bonds is 24. The highest BCUT2D eigenvalue weighted by molar-refractivity contribution is 5.68. The summed E-state index contributed by atoms with van der Waals surface area (Å²) < 4.78 is 5.66. The summed E-state index contributed by atoms with van der Waals surface area (Å²) in [5.74, 6) is 0. The van der Waals surface area contributed by atoms with Gasteiger partial charge in [-0.1, -0.05) is 103 Å². The fourth-order valence-electron chi connectivity index (χ4n) is 5.35. The van der Waals surface area contributed by atoms with Crippen molar-refractivity contribution < 1.29 is 9.53 Å². The number of ether oxygens (including phenoxy) is 1. The topological polar surface area (TPSA) is 44.8 Å². The van der Waals surface area contributed by atoms with Crippen LogP contribution in [0, 0.1) is 0 Å². The lowest BCUT2D eigenvalue weighted by Gasteiger charge is -2.35. The second-order valence-electron chi connectivity index (χ2n) is 11.5. The van der Waals surface area contributed by atoms with E-state index in [-0.39, 0.29) is 6.09 Å². The van der Waals surface area contributed by atoms with Gasteiger partial charge >= 0.3 is 6.09 Å². The van der Waals surface area contributed by atoms with Crippen molar-refractivity contribution in [2.24, 2.45) is 0 Å². The van der Waals surface area contributed by atoms with Crippen molar-refractivity contribution >= 4 is 6.09 Å². The quantitative estimate of drug-likeness (QED) is 0.133. The maximum Gasteiger partial charge on any atom is 0.410 e. The number of carbonyl (C=O) groups excluding carboxylic acids is 1. The van der Waals surface area contributed by atoms with Gasteiger partial charge < -0.3 is 19.9 Å². The molecule has 5 heteroatoms. The summed E-state index contributed by atoms with van der Waals surface area (Å²) in [6.07, 6.45) is 27.4. The molecule has 1 aliphatic heterocycles. The van der Waals surface area contributed by atoms with Crippen LogP contribution in [0.1, 0.15) is 142 Å². The fraction of sp³-hybridized carbons (Fsp3) is 0.968. The summed E-state index contributed by atoms with van der Waals surface area (Å²) in [6.45, 7) is 6.90. The zero-order chi connectivity index (χ0) is 26.1. The van der Waals surface area contributed by atoms with Gasteiger partial charge in [0.25, 0.3) is 0 Å². The van der Waals surface area contributed by atoms with E-state index in [4.69, 9.17) is 4.74 Å². The Balaban J connectivity index is 1.92. The van der Waals surface area contributed by atoms with Crippen LogP contribution < -0.4 is 5.32 Å². The zero-order valence-corrected chi connectivity index (χ0v) is 24.7. The van der Waals surface area contributed by atoms with Gasteiger partial charge in [0.2, 0.25) is 0 Å². The van der Waals surface area contributed by atoms with Crippen LogP contribution in [0.4, 0.5) is 4.79 Å². The first-order valence-electron chi connectivity index (χ1n) is 15.9. The van der Waals surface area contributed by atoms with Crippen LogP contribution in [0.3, 0.4) is 0 Å². The molecule has 0 aromatic carbocycles. The van der Waals surface area contributed by atoms with Crippen LogP contribution in [-0.4, -0.2) is 68.8 Å². The molecule has 1 rings (SSSR count). The maximum absolute atomic E-state index is 12.7. The summed E-state index contributed by atoms with van der Waals surface area (Å²) in [4.78, 5) is 16.9. The molecule has 0 radical (unpaired) electrons. The van der Waals surface area contributed by atoms with Crippen molar-refractivity contribution in [3.05, 3.63) is 0 Å². The lowest BCUT2D eigenvalue weighted by atomic mass is 10.00. The Labute approximate surface area is 225 Å². The summed E-state index contributed by atoms with van der Waals surface area (Å²) in [5.41, 5.74) is 0. The molecule has 0 saturated carbocycles. The third kappa shape index (κ3) is 19.3. The standard InChI is InChI=1S/C31H63N3O2/c1-4-5-6-7-8-9-10-11-12-13-14-15-16-17-18-21-29-36-31(35)34-28-20-19-23-30(34)24-26-32-25-22-27-33(2)3/h30,32H,4-29H2,1-3H3. The van der Waals surface area contributed by atoms with Gasteiger partial charge in [0.05, 0.1) is 6.61 Å². The van der Waals surface area contributed by atoms with E-state index in [0.717, 1.165) is 51.9 Å². The minimum Gasteiger partial charge on any atom is -0.449 e. The molecule has 1 saturated heterocycles. The number of hydrogen-bond acceptors (Lipinski definition) is 4. The van der Waals surface area contributed by atoms with E-state index >= 15 is 0 Å². The molecule has 0 aliphatic carbocycles. The van der Waals surface area contributed by atoms with Gasteiger partial charge in [0.1, 0.15) is 0 Å². The van der Waals surface area contributed by atoms with E-state index in [1.54, 1.807) is 0 Å². The molecule has 36 heavy (non-hydrogen) atoms. The van der Waals surface area contributed by atoms with Gasteiger partial charge in [-0.3, -0.25) is 0 Å². The number of nitrogens with one attached hydrogen (secondary N) is 1. The average Bonchev–Trinajstić information content (AvgIpc) is 2.88. The zero-order valence-electron chi connectivity index (χ0n) is 24.7. The van der Waals surface area contributed by atoms with E-state index < -0.39 is 0 Å². The lowest BCUT2D eigenvalue weighted by molar-refractivity contribution is 0.0698. The first-order valence-corrected chi connectivity index (χ1v) is 15.9. The van der Waals surface area contributed by atoms with E-state index in [1.807, 2.05) is 4.90 Å². The Hall–Kier alpha value is -0.810. The summed E-state index contributed by atoms with van der Waals surface area (Å²) >= 11 is 0. The minimum atomic E-state index is -0.0757. The molecule has 214 valence electrons. The van der Waals surface area contributed by atoms with Crippen molar-refractivity contribution in [3.8, 4) is 0 Å². The van der Waals surface area contributed by atoms with Crippen molar-refractivity contribution in [3.63, 3.8) is 0 Å². The molecule has 1 unspecified atom stereocenters. The molecule has 0 spiro atoms. The average molecular weight is 510 g/mol. The summed E-state index contributed by atoms with van der Waals surface area (Å²) in [6, 6.07) is 0.346. The number of likely N-dealkylation sites (tertiary alicyclic amines) is 1. The minimum absolute atomic E-state index is 0.0757. The van der Waals surface area contributed by atoms with Crippen molar-refractivity contribution in [1.29, 1.82) is 0 Å². The van der Waals surface area contributed by atoms with Crippen LogP contribution in [0.15, 0.2) is 0 Å². The molecule has 1 fully saturated rings. The smallest absolute Gasteiger partial charge is 0.410 e. The Bertz CT molecular complexity index is 486. The number of nitrogens with zero attached hydrogens (tertiary/aromatic N) is 2. The second-order valence-corrected chi connectivity index (χ2v) is 11.5. The third-order valence-electron chi connectivity index (χ3n) is 7.70. The Morgan fingerprint density at radius 3 is 1.89 bits per heavy atom. The van der Waals surface area contributed by atoms with E-state index in [9.17, 15) is 4.79 Å². The second kappa shape index (κ2) is 24.5. The van der Waals surface area contributed by atoms with E-state index in [1.165, 1.54) is 109 Å². The predicted octanol–water partition coefficient (Wildman–Crippen LogP) is 8.17. The van der Waals surface area contributed by atoms with Crippen molar-refractivity contribution in [2.45, 2.75) is 148 Å². The lowest BCUT2D eigenvalue weighted by Crippen LogP contribution is -2.45. The Morgan fingerprint density at radius 1 is 0.778 bits per heavy atom.